The third kappa shape index (κ3) is 5.24. The average Bonchev–Trinajstić information content (AvgIpc) is 2.92. The van der Waals surface area contributed by atoms with Crippen molar-refractivity contribution in [1.29, 1.82) is 0 Å². The molecule has 2 rings (SSSR count). The lowest BCUT2D eigenvalue weighted by molar-refractivity contribution is -0.132. The van der Waals surface area contributed by atoms with Gasteiger partial charge in [-0.15, -0.1) is 0 Å². The second-order valence-electron chi connectivity index (χ2n) is 5.63. The van der Waals surface area contributed by atoms with Gasteiger partial charge in [-0.25, -0.2) is 0 Å². The number of guanidine groups is 1. The summed E-state index contributed by atoms with van der Waals surface area (Å²) in [6, 6.07) is 10.3. The summed E-state index contributed by atoms with van der Waals surface area (Å²) in [5.74, 6) is 1.09. The maximum absolute atomic E-state index is 12.2. The number of likely N-dealkylation sites (tertiary alicyclic amines) is 1. The SMILES string of the molecule is CN=C(NCCC(F)(F)F)N1CCC(Cc2ccccc2)C1. The van der Waals surface area contributed by atoms with Crippen molar-refractivity contribution in [3.63, 3.8) is 0 Å². The van der Waals surface area contributed by atoms with Crippen LogP contribution in [0.5, 0.6) is 0 Å². The predicted octanol–water partition coefficient (Wildman–Crippen LogP) is 3.08. The van der Waals surface area contributed by atoms with Crippen LogP contribution in [0.4, 0.5) is 13.2 Å². The van der Waals surface area contributed by atoms with Crippen molar-refractivity contribution in [3.05, 3.63) is 35.9 Å². The molecule has 1 atom stereocenters. The first-order chi connectivity index (χ1) is 10.5. The fraction of sp³-hybridized carbons (Fsp3) is 0.562. The van der Waals surface area contributed by atoms with E-state index >= 15 is 0 Å². The zero-order chi connectivity index (χ0) is 16.0. The number of hydrogen-bond donors (Lipinski definition) is 1. The van der Waals surface area contributed by atoms with Crippen LogP contribution in [-0.4, -0.2) is 43.7 Å². The molecule has 0 spiro atoms. The molecule has 0 aliphatic carbocycles. The molecular formula is C16H22F3N3. The summed E-state index contributed by atoms with van der Waals surface area (Å²) in [4.78, 5) is 6.14. The van der Waals surface area contributed by atoms with Gasteiger partial charge in [0.05, 0.1) is 6.42 Å². The predicted molar refractivity (Wildman–Crippen MR) is 81.9 cm³/mol. The Balaban J connectivity index is 1.80. The largest absolute Gasteiger partial charge is 0.390 e. The van der Waals surface area contributed by atoms with E-state index in [9.17, 15) is 13.2 Å². The first-order valence-corrected chi connectivity index (χ1v) is 7.54. The molecule has 1 fully saturated rings. The number of rotatable bonds is 4. The minimum Gasteiger partial charge on any atom is -0.356 e. The first kappa shape index (κ1) is 16.6. The van der Waals surface area contributed by atoms with Gasteiger partial charge in [0.1, 0.15) is 0 Å². The van der Waals surface area contributed by atoms with Crippen molar-refractivity contribution >= 4 is 5.96 Å². The molecular weight excluding hydrogens is 291 g/mol. The Kier molecular flexibility index (Phi) is 5.69. The van der Waals surface area contributed by atoms with Crippen LogP contribution in [-0.2, 0) is 6.42 Å². The van der Waals surface area contributed by atoms with Crippen molar-refractivity contribution in [2.75, 3.05) is 26.7 Å². The van der Waals surface area contributed by atoms with E-state index in [-0.39, 0.29) is 6.54 Å². The number of hydrogen-bond acceptors (Lipinski definition) is 1. The minimum absolute atomic E-state index is 0.129. The molecule has 1 aliphatic rings. The van der Waals surface area contributed by atoms with E-state index in [1.807, 2.05) is 23.1 Å². The highest BCUT2D eigenvalue weighted by Gasteiger charge is 2.28. The highest BCUT2D eigenvalue weighted by molar-refractivity contribution is 5.80. The van der Waals surface area contributed by atoms with Crippen molar-refractivity contribution in [1.82, 2.24) is 10.2 Å². The molecule has 0 radical (unpaired) electrons. The highest BCUT2D eigenvalue weighted by Crippen LogP contribution is 2.21. The molecule has 122 valence electrons. The lowest BCUT2D eigenvalue weighted by Crippen LogP contribution is -2.41. The molecule has 1 aromatic carbocycles. The van der Waals surface area contributed by atoms with Crippen LogP contribution in [0.3, 0.4) is 0 Å². The summed E-state index contributed by atoms with van der Waals surface area (Å²) in [6.07, 6.45) is -2.94. The van der Waals surface area contributed by atoms with E-state index in [1.165, 1.54) is 5.56 Å². The number of aliphatic imine (C=N–C) groups is 1. The van der Waals surface area contributed by atoms with E-state index in [0.29, 0.717) is 11.9 Å². The molecule has 6 heteroatoms. The van der Waals surface area contributed by atoms with Crippen LogP contribution in [0, 0.1) is 5.92 Å². The van der Waals surface area contributed by atoms with Crippen LogP contribution < -0.4 is 5.32 Å². The first-order valence-electron chi connectivity index (χ1n) is 7.54. The summed E-state index contributed by atoms with van der Waals surface area (Å²) >= 11 is 0. The third-order valence-corrected chi connectivity index (χ3v) is 3.86. The number of alkyl halides is 3. The summed E-state index contributed by atoms with van der Waals surface area (Å²) in [5, 5.41) is 2.81. The van der Waals surface area contributed by atoms with Gasteiger partial charge in [-0.05, 0) is 24.3 Å². The monoisotopic (exact) mass is 313 g/mol. The van der Waals surface area contributed by atoms with Crippen LogP contribution in [0.1, 0.15) is 18.4 Å². The van der Waals surface area contributed by atoms with Gasteiger partial charge in [0.2, 0.25) is 0 Å². The summed E-state index contributed by atoms with van der Waals surface area (Å²) in [7, 11) is 1.61. The maximum atomic E-state index is 12.2. The standard InChI is InChI=1S/C16H22F3N3/c1-20-15(21-9-8-16(17,18)19)22-10-7-14(12-22)11-13-5-3-2-4-6-13/h2-6,14H,7-12H2,1H3,(H,20,21). The quantitative estimate of drug-likeness (QED) is 0.683. The van der Waals surface area contributed by atoms with E-state index in [2.05, 4.69) is 22.4 Å². The molecule has 1 saturated heterocycles. The second-order valence-corrected chi connectivity index (χ2v) is 5.63. The topological polar surface area (TPSA) is 27.6 Å². The van der Waals surface area contributed by atoms with E-state index in [0.717, 1.165) is 25.9 Å². The van der Waals surface area contributed by atoms with Crippen LogP contribution in [0.15, 0.2) is 35.3 Å². The Hall–Kier alpha value is -1.72. The number of nitrogens with one attached hydrogen (secondary N) is 1. The van der Waals surface area contributed by atoms with Gasteiger partial charge in [0.25, 0.3) is 0 Å². The average molecular weight is 313 g/mol. The van der Waals surface area contributed by atoms with Gasteiger partial charge in [0.15, 0.2) is 5.96 Å². The maximum Gasteiger partial charge on any atom is 0.390 e. The fourth-order valence-corrected chi connectivity index (χ4v) is 2.79. The molecule has 3 nitrogen and oxygen atoms in total. The summed E-state index contributed by atoms with van der Waals surface area (Å²) < 4.78 is 36.6. The van der Waals surface area contributed by atoms with E-state index in [1.54, 1.807) is 7.05 Å². The molecule has 1 heterocycles. The van der Waals surface area contributed by atoms with Gasteiger partial charge in [-0.3, -0.25) is 4.99 Å². The molecule has 0 bridgehead atoms. The summed E-state index contributed by atoms with van der Waals surface area (Å²) in [5.41, 5.74) is 1.30. The van der Waals surface area contributed by atoms with Gasteiger partial charge < -0.3 is 10.2 Å². The molecule has 1 unspecified atom stereocenters. The van der Waals surface area contributed by atoms with Crippen LogP contribution >= 0.6 is 0 Å². The molecule has 0 saturated carbocycles. The lowest BCUT2D eigenvalue weighted by Gasteiger charge is -2.22. The summed E-state index contributed by atoms with van der Waals surface area (Å²) in [6.45, 7) is 1.54. The smallest absolute Gasteiger partial charge is 0.356 e. The van der Waals surface area contributed by atoms with E-state index in [4.69, 9.17) is 0 Å². The van der Waals surface area contributed by atoms with Crippen molar-refractivity contribution in [2.24, 2.45) is 10.9 Å². The van der Waals surface area contributed by atoms with Crippen molar-refractivity contribution in [2.45, 2.75) is 25.4 Å². The Bertz CT molecular complexity index is 485. The highest BCUT2D eigenvalue weighted by atomic mass is 19.4. The molecule has 1 aromatic rings. The second kappa shape index (κ2) is 7.51. The number of nitrogens with zero attached hydrogens (tertiary/aromatic N) is 2. The molecule has 0 amide bonds. The van der Waals surface area contributed by atoms with Crippen molar-refractivity contribution < 1.29 is 13.2 Å². The number of benzene rings is 1. The van der Waals surface area contributed by atoms with Gasteiger partial charge in [-0.2, -0.15) is 13.2 Å². The van der Waals surface area contributed by atoms with Crippen LogP contribution in [0.2, 0.25) is 0 Å². The van der Waals surface area contributed by atoms with Crippen molar-refractivity contribution in [3.8, 4) is 0 Å². The Morgan fingerprint density at radius 1 is 1.32 bits per heavy atom. The lowest BCUT2D eigenvalue weighted by atomic mass is 9.99. The normalized spacial score (nSPS) is 19.5. The molecule has 0 aromatic heterocycles. The van der Waals surface area contributed by atoms with Gasteiger partial charge in [-0.1, -0.05) is 30.3 Å². The Morgan fingerprint density at radius 3 is 2.68 bits per heavy atom. The van der Waals surface area contributed by atoms with Gasteiger partial charge >= 0.3 is 6.18 Å². The molecule has 1 N–H and O–H groups in total. The third-order valence-electron chi connectivity index (χ3n) is 3.86. The fourth-order valence-electron chi connectivity index (χ4n) is 2.79. The van der Waals surface area contributed by atoms with E-state index < -0.39 is 12.6 Å². The Labute approximate surface area is 129 Å². The van der Waals surface area contributed by atoms with Gasteiger partial charge in [0, 0.05) is 26.7 Å². The molecule has 1 aliphatic heterocycles. The molecule has 22 heavy (non-hydrogen) atoms. The number of halogens is 3. The van der Waals surface area contributed by atoms with Crippen LogP contribution in [0.25, 0.3) is 0 Å². The zero-order valence-corrected chi connectivity index (χ0v) is 12.7. The minimum atomic E-state index is -4.13. The zero-order valence-electron chi connectivity index (χ0n) is 12.7. The Morgan fingerprint density at radius 2 is 2.05 bits per heavy atom.